The van der Waals surface area contributed by atoms with Gasteiger partial charge in [-0.3, -0.25) is 4.79 Å². The lowest BCUT2D eigenvalue weighted by molar-refractivity contribution is -0.123. The fourth-order valence-corrected chi connectivity index (χ4v) is 2.57. The lowest BCUT2D eigenvalue weighted by Crippen LogP contribution is -2.24. The van der Waals surface area contributed by atoms with Crippen LogP contribution in [0.3, 0.4) is 0 Å². The highest BCUT2D eigenvalue weighted by Crippen LogP contribution is 2.16. The molecule has 0 saturated carbocycles. The van der Waals surface area contributed by atoms with Crippen LogP contribution in [0.5, 0.6) is 17.2 Å². The Balaban J connectivity index is 1.44. The van der Waals surface area contributed by atoms with Gasteiger partial charge in [-0.15, -0.1) is 0 Å². The van der Waals surface area contributed by atoms with E-state index in [0.717, 1.165) is 12.0 Å². The van der Waals surface area contributed by atoms with E-state index in [0.29, 0.717) is 29.4 Å². The Labute approximate surface area is 186 Å². The number of hydrogen-bond acceptors (Lipinski definition) is 6. The van der Waals surface area contributed by atoms with Gasteiger partial charge in [-0.05, 0) is 72.6 Å². The first-order valence-corrected chi connectivity index (χ1v) is 10.2. The van der Waals surface area contributed by atoms with Crippen molar-refractivity contribution in [2.24, 2.45) is 5.10 Å². The monoisotopic (exact) mass is 432 g/mol. The van der Waals surface area contributed by atoms with Gasteiger partial charge in [-0.2, -0.15) is 5.10 Å². The van der Waals surface area contributed by atoms with Crippen molar-refractivity contribution in [3.63, 3.8) is 0 Å². The number of amides is 1. The number of para-hydroxylation sites is 1. The molecular weight excluding hydrogens is 408 g/mol. The van der Waals surface area contributed by atoms with Crippen molar-refractivity contribution in [2.75, 3.05) is 13.2 Å². The van der Waals surface area contributed by atoms with Gasteiger partial charge in [0.2, 0.25) is 0 Å². The third-order valence-electron chi connectivity index (χ3n) is 4.17. The molecule has 0 saturated heterocycles. The van der Waals surface area contributed by atoms with Crippen LogP contribution < -0.4 is 19.6 Å². The summed E-state index contributed by atoms with van der Waals surface area (Å²) in [5.41, 5.74) is 3.56. The molecule has 32 heavy (non-hydrogen) atoms. The highest BCUT2D eigenvalue weighted by molar-refractivity contribution is 5.91. The van der Waals surface area contributed by atoms with Crippen LogP contribution in [0.4, 0.5) is 0 Å². The fraction of sp³-hybridized carbons (Fsp3) is 0.160. The van der Waals surface area contributed by atoms with Crippen LogP contribution >= 0.6 is 0 Å². The summed E-state index contributed by atoms with van der Waals surface area (Å²) in [4.78, 5) is 24.1. The van der Waals surface area contributed by atoms with E-state index >= 15 is 0 Å². The first-order valence-electron chi connectivity index (χ1n) is 10.2. The van der Waals surface area contributed by atoms with E-state index in [1.165, 1.54) is 6.21 Å². The second-order valence-electron chi connectivity index (χ2n) is 6.73. The SMILES string of the molecule is CCCOc1ccc(C(=O)Oc2ccc(/C=N/NC(=O)COc3ccccc3)cc2)cc1. The highest BCUT2D eigenvalue weighted by Gasteiger charge is 2.09. The summed E-state index contributed by atoms with van der Waals surface area (Å²) in [6, 6.07) is 22.6. The minimum absolute atomic E-state index is 0.137. The maximum atomic E-state index is 12.3. The number of nitrogens with one attached hydrogen (secondary N) is 1. The minimum Gasteiger partial charge on any atom is -0.494 e. The summed E-state index contributed by atoms with van der Waals surface area (Å²) in [6.45, 7) is 2.52. The average molecular weight is 432 g/mol. The fourth-order valence-electron chi connectivity index (χ4n) is 2.57. The summed E-state index contributed by atoms with van der Waals surface area (Å²) in [6.07, 6.45) is 2.40. The summed E-state index contributed by atoms with van der Waals surface area (Å²) in [5, 5.41) is 3.90. The number of hydrazone groups is 1. The molecule has 0 aliphatic rings. The second-order valence-corrected chi connectivity index (χ2v) is 6.73. The number of carbonyl (C=O) groups is 2. The van der Waals surface area contributed by atoms with Crippen LogP contribution in [-0.2, 0) is 4.79 Å². The zero-order valence-electron chi connectivity index (χ0n) is 17.7. The van der Waals surface area contributed by atoms with Crippen molar-refractivity contribution in [2.45, 2.75) is 13.3 Å². The second kappa shape index (κ2) is 11.9. The molecule has 3 aromatic rings. The Bertz CT molecular complexity index is 1030. The van der Waals surface area contributed by atoms with E-state index in [9.17, 15) is 9.59 Å². The molecule has 7 heteroatoms. The van der Waals surface area contributed by atoms with Crippen molar-refractivity contribution in [1.82, 2.24) is 5.43 Å². The standard InChI is InChI=1S/C25H24N2O5/c1-2-16-30-22-14-10-20(11-15-22)25(29)32-23-12-8-19(9-13-23)17-26-27-24(28)18-31-21-6-4-3-5-7-21/h3-15,17H,2,16,18H2,1H3,(H,27,28)/b26-17+. The van der Waals surface area contributed by atoms with Gasteiger partial charge >= 0.3 is 5.97 Å². The first-order chi connectivity index (χ1) is 15.6. The molecule has 0 aliphatic heterocycles. The van der Waals surface area contributed by atoms with Crippen molar-refractivity contribution in [3.8, 4) is 17.2 Å². The topological polar surface area (TPSA) is 86.2 Å². The molecule has 0 heterocycles. The zero-order chi connectivity index (χ0) is 22.6. The molecule has 0 atom stereocenters. The molecule has 1 amide bonds. The molecule has 3 aromatic carbocycles. The normalized spacial score (nSPS) is 10.5. The molecule has 0 radical (unpaired) electrons. The third kappa shape index (κ3) is 7.28. The Morgan fingerprint density at radius 2 is 1.50 bits per heavy atom. The van der Waals surface area contributed by atoms with E-state index < -0.39 is 5.97 Å². The van der Waals surface area contributed by atoms with E-state index in [-0.39, 0.29) is 12.5 Å². The largest absolute Gasteiger partial charge is 0.494 e. The molecule has 0 bridgehead atoms. The lowest BCUT2D eigenvalue weighted by atomic mass is 10.2. The van der Waals surface area contributed by atoms with Crippen LogP contribution in [0.2, 0.25) is 0 Å². The van der Waals surface area contributed by atoms with E-state index in [2.05, 4.69) is 10.5 Å². The Hall–Kier alpha value is -4.13. The quantitative estimate of drug-likeness (QED) is 0.224. The number of esters is 1. The Kier molecular flexibility index (Phi) is 8.39. The van der Waals surface area contributed by atoms with Crippen molar-refractivity contribution in [1.29, 1.82) is 0 Å². The van der Waals surface area contributed by atoms with Crippen molar-refractivity contribution < 1.29 is 23.8 Å². The van der Waals surface area contributed by atoms with Crippen LogP contribution in [0.25, 0.3) is 0 Å². The molecule has 0 aliphatic carbocycles. The molecule has 7 nitrogen and oxygen atoms in total. The van der Waals surface area contributed by atoms with Crippen molar-refractivity contribution in [3.05, 3.63) is 90.0 Å². The van der Waals surface area contributed by atoms with Gasteiger partial charge in [0, 0.05) is 0 Å². The minimum atomic E-state index is -0.459. The Morgan fingerprint density at radius 1 is 0.844 bits per heavy atom. The van der Waals surface area contributed by atoms with E-state index in [1.807, 2.05) is 25.1 Å². The molecule has 1 N–H and O–H groups in total. The number of hydrogen-bond donors (Lipinski definition) is 1. The van der Waals surface area contributed by atoms with Gasteiger partial charge in [0.1, 0.15) is 17.2 Å². The van der Waals surface area contributed by atoms with E-state index in [4.69, 9.17) is 14.2 Å². The summed E-state index contributed by atoms with van der Waals surface area (Å²) in [5.74, 6) is 0.892. The van der Waals surface area contributed by atoms with Gasteiger partial charge in [-0.1, -0.05) is 25.1 Å². The molecule has 0 fully saturated rings. The van der Waals surface area contributed by atoms with Crippen LogP contribution in [0, 0.1) is 0 Å². The Morgan fingerprint density at radius 3 is 2.19 bits per heavy atom. The molecule has 0 aromatic heterocycles. The lowest BCUT2D eigenvalue weighted by Gasteiger charge is -2.07. The molecule has 0 spiro atoms. The number of ether oxygens (including phenoxy) is 3. The van der Waals surface area contributed by atoms with Gasteiger partial charge in [0.15, 0.2) is 6.61 Å². The maximum Gasteiger partial charge on any atom is 0.343 e. The maximum absolute atomic E-state index is 12.3. The predicted octanol–water partition coefficient (Wildman–Crippen LogP) is 4.22. The third-order valence-corrected chi connectivity index (χ3v) is 4.17. The van der Waals surface area contributed by atoms with Gasteiger partial charge < -0.3 is 14.2 Å². The molecule has 3 rings (SSSR count). The average Bonchev–Trinajstić information content (AvgIpc) is 2.83. The molecular formula is C25H24N2O5. The predicted molar refractivity (Wildman–Crippen MR) is 121 cm³/mol. The van der Waals surface area contributed by atoms with Gasteiger partial charge in [0.25, 0.3) is 5.91 Å². The molecule has 0 unspecified atom stereocenters. The summed E-state index contributed by atoms with van der Waals surface area (Å²) >= 11 is 0. The van der Waals surface area contributed by atoms with Crippen LogP contribution in [0.1, 0.15) is 29.3 Å². The van der Waals surface area contributed by atoms with Crippen LogP contribution in [0.15, 0.2) is 84.0 Å². The number of benzene rings is 3. The van der Waals surface area contributed by atoms with Gasteiger partial charge in [0.05, 0.1) is 18.4 Å². The zero-order valence-corrected chi connectivity index (χ0v) is 17.7. The first kappa shape index (κ1) is 22.6. The summed E-state index contributed by atoms with van der Waals surface area (Å²) in [7, 11) is 0. The summed E-state index contributed by atoms with van der Waals surface area (Å²) < 4.78 is 16.2. The molecule has 164 valence electrons. The van der Waals surface area contributed by atoms with Crippen LogP contribution in [-0.4, -0.2) is 31.3 Å². The smallest absolute Gasteiger partial charge is 0.343 e. The van der Waals surface area contributed by atoms with E-state index in [1.54, 1.807) is 60.7 Å². The highest BCUT2D eigenvalue weighted by atomic mass is 16.5. The number of nitrogens with zero attached hydrogens (tertiary/aromatic N) is 1. The van der Waals surface area contributed by atoms with Crippen molar-refractivity contribution >= 4 is 18.1 Å². The number of carbonyl (C=O) groups excluding carboxylic acids is 2. The van der Waals surface area contributed by atoms with Gasteiger partial charge in [-0.25, -0.2) is 10.2 Å². The number of rotatable bonds is 10.